The van der Waals surface area contributed by atoms with Gasteiger partial charge in [0.1, 0.15) is 0 Å². The van der Waals surface area contributed by atoms with Crippen LogP contribution in [-0.4, -0.2) is 37.6 Å². The van der Waals surface area contributed by atoms with Crippen molar-refractivity contribution in [2.24, 2.45) is 35.5 Å². The molecule has 6 atom stereocenters. The fourth-order valence-electron chi connectivity index (χ4n) is 10.0. The fraction of sp³-hybridized carbons (Fsp3) is 1.00. The van der Waals surface area contributed by atoms with Crippen molar-refractivity contribution in [3.63, 3.8) is 0 Å². The normalized spacial score (nSPS) is 18.1. The molecule has 0 aromatic rings. The van der Waals surface area contributed by atoms with Crippen LogP contribution < -0.4 is 0 Å². The summed E-state index contributed by atoms with van der Waals surface area (Å²) >= 11 is -6.35. The Kier molecular flexibility index (Phi) is 34.7. The van der Waals surface area contributed by atoms with Gasteiger partial charge in [-0.15, -0.1) is 0 Å². The van der Waals surface area contributed by atoms with Crippen molar-refractivity contribution in [1.29, 1.82) is 0 Å². The van der Waals surface area contributed by atoms with Crippen LogP contribution in [0.3, 0.4) is 0 Å². The van der Waals surface area contributed by atoms with Gasteiger partial charge in [-0.2, -0.15) is 0 Å². The van der Waals surface area contributed by atoms with Crippen LogP contribution in [0, 0.1) is 35.5 Å². The van der Waals surface area contributed by atoms with Gasteiger partial charge in [0.2, 0.25) is 0 Å². The summed E-state index contributed by atoms with van der Waals surface area (Å²) < 4.78 is 18.5. The Labute approximate surface area is 335 Å². The van der Waals surface area contributed by atoms with E-state index >= 15 is 0 Å². The predicted molar refractivity (Wildman–Crippen MR) is 241 cm³/mol. The van der Waals surface area contributed by atoms with Crippen molar-refractivity contribution < 1.29 is 1.41 Å². The van der Waals surface area contributed by atoms with Gasteiger partial charge < -0.3 is 0 Å². The molecular weight excluding hydrogens is 830 g/mol. The first-order chi connectivity index (χ1) is 24.7. The quantitative estimate of drug-likeness (QED) is 0.0561. The van der Waals surface area contributed by atoms with Crippen molar-refractivity contribution in [2.75, 3.05) is 0 Å². The van der Waals surface area contributed by atoms with Crippen molar-refractivity contribution in [1.82, 2.24) is 0 Å². The molecule has 0 aromatic heterocycles. The zero-order valence-electron chi connectivity index (χ0n) is 38.1. The summed E-state index contributed by atoms with van der Waals surface area (Å²) in [4.78, 5) is 0. The summed E-state index contributed by atoms with van der Waals surface area (Å²) in [6, 6.07) is 0. The van der Waals surface area contributed by atoms with E-state index in [0.29, 0.717) is 0 Å². The SMILES string of the molecule is CCCCC(CC)[CH2][Sn]([CH2]C(CC)CCCC)([CH2]C(CC)CCCC)[O][Sn]([CH2]C(CC)CCCC)([CH2]C(CC)CCCC)[CH2]C(CC)CCCC. The third-order valence-electron chi connectivity index (χ3n) is 13.7. The Morgan fingerprint density at radius 2 is 0.431 bits per heavy atom. The molecule has 0 bridgehead atoms. The molecule has 0 rings (SSSR count). The van der Waals surface area contributed by atoms with Gasteiger partial charge >= 0.3 is 338 Å². The maximum absolute atomic E-state index is 9.12. The van der Waals surface area contributed by atoms with Crippen molar-refractivity contribution >= 4 is 37.6 Å². The molecular formula is C48H102OSn2. The number of rotatable bonds is 38. The first kappa shape index (κ1) is 52.6. The Morgan fingerprint density at radius 1 is 0.275 bits per heavy atom. The fourth-order valence-corrected chi connectivity index (χ4v) is 70.5. The number of hydrogen-bond donors (Lipinski definition) is 0. The van der Waals surface area contributed by atoms with E-state index in [4.69, 9.17) is 1.41 Å². The molecule has 0 saturated heterocycles. The molecule has 0 spiro atoms. The van der Waals surface area contributed by atoms with E-state index in [1.165, 1.54) is 154 Å². The molecule has 3 heteroatoms. The molecule has 0 N–H and O–H groups in total. The molecule has 0 aliphatic heterocycles. The van der Waals surface area contributed by atoms with Crippen LogP contribution >= 0.6 is 0 Å². The minimum atomic E-state index is -3.18. The molecule has 0 radical (unpaired) electrons. The topological polar surface area (TPSA) is 9.23 Å². The zero-order chi connectivity index (χ0) is 38.4. The standard InChI is InChI=1S/6C8H17.O.2Sn/c6*1-4-6-7-8(3)5-2;;;/h6*8H,3-7H2,1-2H3;;;. The molecule has 6 unspecified atom stereocenters. The van der Waals surface area contributed by atoms with Gasteiger partial charge in [-0.1, -0.05) is 0 Å². The van der Waals surface area contributed by atoms with Crippen LogP contribution in [0.1, 0.15) is 237 Å². The van der Waals surface area contributed by atoms with Gasteiger partial charge in [-0.05, 0) is 0 Å². The molecule has 0 aliphatic rings. The summed E-state index contributed by atoms with van der Waals surface area (Å²) in [6.07, 6.45) is 33.8. The predicted octanol–water partition coefficient (Wildman–Crippen LogP) is 18.2. The molecule has 51 heavy (non-hydrogen) atoms. The average molecular weight is 933 g/mol. The second kappa shape index (κ2) is 33.7. The van der Waals surface area contributed by atoms with E-state index < -0.39 is 37.6 Å². The summed E-state index contributed by atoms with van der Waals surface area (Å²) in [5.74, 6) is 5.43. The van der Waals surface area contributed by atoms with Crippen molar-refractivity contribution in [3.8, 4) is 0 Å². The molecule has 0 aromatic carbocycles. The van der Waals surface area contributed by atoms with Crippen LogP contribution in [0.2, 0.25) is 26.6 Å². The molecule has 0 saturated carbocycles. The van der Waals surface area contributed by atoms with E-state index in [1.54, 1.807) is 26.6 Å². The van der Waals surface area contributed by atoms with Gasteiger partial charge in [0.15, 0.2) is 0 Å². The summed E-state index contributed by atoms with van der Waals surface area (Å²) in [5.41, 5.74) is 0. The van der Waals surface area contributed by atoms with Crippen LogP contribution in [0.15, 0.2) is 0 Å². The Bertz CT molecular complexity index is 588. The Morgan fingerprint density at radius 3 is 0.549 bits per heavy atom. The average Bonchev–Trinajstić information content (AvgIpc) is 3.15. The molecule has 0 aliphatic carbocycles. The van der Waals surface area contributed by atoms with Gasteiger partial charge in [0.25, 0.3) is 0 Å². The van der Waals surface area contributed by atoms with Gasteiger partial charge in [-0.3, -0.25) is 0 Å². The van der Waals surface area contributed by atoms with Crippen molar-refractivity contribution in [2.45, 2.75) is 264 Å². The second-order valence-electron chi connectivity index (χ2n) is 18.2. The number of hydrogen-bond acceptors (Lipinski definition) is 1. The molecule has 0 fully saturated rings. The molecule has 0 amide bonds. The maximum atomic E-state index is 9.12. The monoisotopic (exact) mass is 935 g/mol. The van der Waals surface area contributed by atoms with Gasteiger partial charge in [0.05, 0.1) is 0 Å². The number of unbranched alkanes of at least 4 members (excludes halogenated alkanes) is 6. The minimum absolute atomic E-state index is 0.906. The first-order valence-corrected chi connectivity index (χ1v) is 38.8. The second-order valence-corrected chi connectivity index (χ2v) is 43.2. The summed E-state index contributed by atoms with van der Waals surface area (Å²) in [7, 11) is 0. The Balaban J connectivity index is 7.84. The molecule has 1 nitrogen and oxygen atoms in total. The van der Waals surface area contributed by atoms with Crippen molar-refractivity contribution in [3.05, 3.63) is 0 Å². The zero-order valence-corrected chi connectivity index (χ0v) is 43.8. The van der Waals surface area contributed by atoms with E-state index in [1.807, 2.05) is 0 Å². The van der Waals surface area contributed by atoms with E-state index in [2.05, 4.69) is 83.1 Å². The van der Waals surface area contributed by atoms with E-state index in [-0.39, 0.29) is 0 Å². The van der Waals surface area contributed by atoms with E-state index in [9.17, 15) is 0 Å². The third kappa shape index (κ3) is 23.4. The first-order valence-electron chi connectivity index (χ1n) is 24.4. The van der Waals surface area contributed by atoms with Gasteiger partial charge in [0, 0.05) is 0 Å². The summed E-state index contributed by atoms with van der Waals surface area (Å²) in [6.45, 7) is 29.9. The molecule has 0 heterocycles. The summed E-state index contributed by atoms with van der Waals surface area (Å²) in [5, 5.41) is 0. The Hall–Kier alpha value is 1.56. The van der Waals surface area contributed by atoms with Crippen LogP contribution in [0.4, 0.5) is 0 Å². The third-order valence-corrected chi connectivity index (χ3v) is 55.3. The van der Waals surface area contributed by atoms with E-state index in [0.717, 1.165) is 35.5 Å². The van der Waals surface area contributed by atoms with Gasteiger partial charge in [-0.25, -0.2) is 0 Å². The van der Waals surface area contributed by atoms with Crippen LogP contribution in [0.5, 0.6) is 0 Å². The molecule has 308 valence electrons. The van der Waals surface area contributed by atoms with Crippen LogP contribution in [-0.2, 0) is 1.41 Å². The van der Waals surface area contributed by atoms with Crippen LogP contribution in [0.25, 0.3) is 0 Å².